The van der Waals surface area contributed by atoms with Crippen molar-refractivity contribution in [2.24, 2.45) is 5.10 Å². The van der Waals surface area contributed by atoms with Crippen LogP contribution < -0.4 is 9.64 Å². The molecular weight excluding hydrogens is 492 g/mol. The molecule has 0 aliphatic carbocycles. The highest BCUT2D eigenvalue weighted by atomic mass is 16.5. The Hall–Kier alpha value is -4.72. The Morgan fingerprint density at radius 1 is 0.949 bits per heavy atom. The highest BCUT2D eigenvalue weighted by Crippen LogP contribution is 2.38. The molecule has 8 nitrogen and oxygen atoms in total. The van der Waals surface area contributed by atoms with E-state index in [0.29, 0.717) is 11.3 Å². The van der Waals surface area contributed by atoms with E-state index in [1.807, 2.05) is 72.8 Å². The van der Waals surface area contributed by atoms with E-state index >= 15 is 0 Å². The number of esters is 1. The van der Waals surface area contributed by atoms with Crippen molar-refractivity contribution >= 4 is 34.4 Å². The summed E-state index contributed by atoms with van der Waals surface area (Å²) >= 11 is 0. The van der Waals surface area contributed by atoms with Gasteiger partial charge in [0.15, 0.2) is 0 Å². The van der Waals surface area contributed by atoms with Crippen LogP contribution in [0.25, 0.3) is 22.2 Å². The number of nitrogens with zero attached hydrogens (tertiary/aromatic N) is 4. The third-order valence-corrected chi connectivity index (χ3v) is 6.63. The van der Waals surface area contributed by atoms with Crippen molar-refractivity contribution in [3.05, 3.63) is 90.0 Å². The average Bonchev–Trinajstić information content (AvgIpc) is 3.39. The van der Waals surface area contributed by atoms with Crippen LogP contribution in [0.2, 0.25) is 0 Å². The lowest BCUT2D eigenvalue weighted by atomic mass is 10.0. The molecule has 1 aliphatic heterocycles. The minimum Gasteiger partial charge on any atom is -0.446 e. The van der Waals surface area contributed by atoms with Gasteiger partial charge in [0, 0.05) is 55.2 Å². The fourth-order valence-corrected chi connectivity index (χ4v) is 4.75. The van der Waals surface area contributed by atoms with Crippen LogP contribution in [0.4, 0.5) is 5.69 Å². The number of pyridine rings is 1. The Bertz CT molecular complexity index is 1560. The predicted octanol–water partition coefficient (Wildman–Crippen LogP) is 5.91. The Morgan fingerprint density at radius 3 is 2.36 bits per heavy atom. The summed E-state index contributed by atoms with van der Waals surface area (Å²) in [6.45, 7) is 8.51. The van der Waals surface area contributed by atoms with Crippen LogP contribution in [-0.2, 0) is 14.3 Å². The van der Waals surface area contributed by atoms with Crippen LogP contribution in [0.3, 0.4) is 0 Å². The lowest BCUT2D eigenvalue weighted by Crippen LogP contribution is -2.25. The summed E-state index contributed by atoms with van der Waals surface area (Å²) < 4.78 is 12.0. The first-order chi connectivity index (χ1) is 18.9. The van der Waals surface area contributed by atoms with E-state index in [-0.39, 0.29) is 11.8 Å². The van der Waals surface area contributed by atoms with E-state index in [9.17, 15) is 9.59 Å². The van der Waals surface area contributed by atoms with E-state index in [1.165, 1.54) is 18.9 Å². The maximum absolute atomic E-state index is 12.8. The lowest BCUT2D eigenvalue weighted by molar-refractivity contribution is -0.135. The van der Waals surface area contributed by atoms with Gasteiger partial charge >= 0.3 is 5.97 Å². The summed E-state index contributed by atoms with van der Waals surface area (Å²) in [5.41, 5.74) is 4.62. The molecule has 0 fully saturated rings. The molecule has 4 aromatic rings. The number of amides is 1. The standard InChI is InChI=1S/C31H30N4O4/c1-5-34(6-2)23-16-17-25(29(18-23)38-21(4)37)30-33-35(20(3)36)31(39-30)26-19-28(22-12-8-7-9-13-22)32-27-15-11-10-14-24(26)27/h7-19,31H,5-6H2,1-4H3. The monoisotopic (exact) mass is 522 g/mol. The number of carbonyl (C=O) groups excluding carboxylic acids is 2. The van der Waals surface area contributed by atoms with Gasteiger partial charge in [-0.3, -0.25) is 9.59 Å². The number of hydrogen-bond donors (Lipinski definition) is 0. The number of hydrazone groups is 1. The molecule has 5 rings (SSSR count). The normalized spacial score (nSPS) is 14.6. The molecule has 0 saturated heterocycles. The zero-order valence-corrected chi connectivity index (χ0v) is 22.4. The van der Waals surface area contributed by atoms with E-state index in [4.69, 9.17) is 14.5 Å². The van der Waals surface area contributed by atoms with Crippen LogP contribution in [-0.4, -0.2) is 40.9 Å². The summed E-state index contributed by atoms with van der Waals surface area (Å²) in [7, 11) is 0. The summed E-state index contributed by atoms with van der Waals surface area (Å²) in [6.07, 6.45) is -0.833. The molecule has 198 valence electrons. The molecule has 2 heterocycles. The molecule has 1 unspecified atom stereocenters. The highest BCUT2D eigenvalue weighted by molar-refractivity contribution is 6.00. The zero-order valence-electron chi connectivity index (χ0n) is 22.4. The second-order valence-corrected chi connectivity index (χ2v) is 9.17. The minimum absolute atomic E-state index is 0.194. The number of ether oxygens (including phenoxy) is 2. The van der Waals surface area contributed by atoms with E-state index in [2.05, 4.69) is 23.8 Å². The van der Waals surface area contributed by atoms with Crippen molar-refractivity contribution in [1.29, 1.82) is 0 Å². The molecule has 8 heteroatoms. The Labute approximate surface area is 227 Å². The van der Waals surface area contributed by atoms with Crippen LogP contribution >= 0.6 is 0 Å². The van der Waals surface area contributed by atoms with Crippen LogP contribution in [0, 0.1) is 0 Å². The zero-order chi connectivity index (χ0) is 27.5. The van der Waals surface area contributed by atoms with Gasteiger partial charge in [-0.05, 0) is 38.1 Å². The maximum atomic E-state index is 12.8. The Morgan fingerprint density at radius 2 is 1.67 bits per heavy atom. The third-order valence-electron chi connectivity index (χ3n) is 6.63. The number of aromatic nitrogens is 1. The molecule has 0 spiro atoms. The molecule has 39 heavy (non-hydrogen) atoms. The van der Waals surface area contributed by atoms with Gasteiger partial charge in [-0.15, -0.1) is 5.10 Å². The van der Waals surface area contributed by atoms with Crippen molar-refractivity contribution in [3.63, 3.8) is 0 Å². The predicted molar refractivity (Wildman–Crippen MR) is 151 cm³/mol. The number of rotatable bonds is 7. The molecule has 0 N–H and O–H groups in total. The summed E-state index contributed by atoms with van der Waals surface area (Å²) in [4.78, 5) is 31.8. The van der Waals surface area contributed by atoms with E-state index in [0.717, 1.165) is 46.5 Å². The van der Waals surface area contributed by atoms with Crippen molar-refractivity contribution < 1.29 is 19.1 Å². The first kappa shape index (κ1) is 25.9. The largest absolute Gasteiger partial charge is 0.446 e. The molecule has 0 bridgehead atoms. The van der Waals surface area contributed by atoms with Crippen molar-refractivity contribution in [2.75, 3.05) is 18.0 Å². The molecule has 1 aliphatic rings. The van der Waals surface area contributed by atoms with Crippen molar-refractivity contribution in [2.45, 2.75) is 33.9 Å². The topological polar surface area (TPSA) is 84.3 Å². The molecule has 1 atom stereocenters. The third kappa shape index (κ3) is 5.18. The fourth-order valence-electron chi connectivity index (χ4n) is 4.75. The SMILES string of the molecule is CCN(CC)c1ccc(C2=NN(C(C)=O)C(c3cc(-c4ccccc4)nc4ccccc34)O2)c(OC(C)=O)c1. The summed E-state index contributed by atoms with van der Waals surface area (Å²) in [5.74, 6) is -0.232. The average molecular weight is 523 g/mol. The molecule has 0 saturated carbocycles. The first-order valence-electron chi connectivity index (χ1n) is 13.0. The maximum Gasteiger partial charge on any atom is 0.308 e. The van der Waals surface area contributed by atoms with Gasteiger partial charge in [0.05, 0.1) is 16.8 Å². The van der Waals surface area contributed by atoms with Gasteiger partial charge < -0.3 is 14.4 Å². The van der Waals surface area contributed by atoms with Gasteiger partial charge in [0.1, 0.15) is 5.75 Å². The summed E-state index contributed by atoms with van der Waals surface area (Å²) in [6, 6.07) is 25.1. The number of fused-ring (bicyclic) bond motifs is 1. The first-order valence-corrected chi connectivity index (χ1v) is 13.0. The molecule has 0 radical (unpaired) electrons. The highest BCUT2D eigenvalue weighted by Gasteiger charge is 2.36. The molecule has 1 amide bonds. The van der Waals surface area contributed by atoms with Gasteiger partial charge in [-0.25, -0.2) is 4.98 Å². The number of carbonyl (C=O) groups is 2. The number of hydrogen-bond acceptors (Lipinski definition) is 7. The van der Waals surface area contributed by atoms with Crippen LogP contribution in [0.5, 0.6) is 5.75 Å². The quantitative estimate of drug-likeness (QED) is 0.222. The Kier molecular flexibility index (Phi) is 7.27. The van der Waals surface area contributed by atoms with Gasteiger partial charge in [-0.2, -0.15) is 5.01 Å². The second kappa shape index (κ2) is 10.9. The second-order valence-electron chi connectivity index (χ2n) is 9.17. The van der Waals surface area contributed by atoms with Gasteiger partial charge in [-0.1, -0.05) is 48.5 Å². The van der Waals surface area contributed by atoms with Crippen molar-refractivity contribution in [1.82, 2.24) is 9.99 Å². The summed E-state index contributed by atoms with van der Waals surface area (Å²) in [5, 5.41) is 6.73. The Balaban J connectivity index is 1.61. The van der Waals surface area contributed by atoms with Crippen molar-refractivity contribution in [3.8, 4) is 17.0 Å². The van der Waals surface area contributed by atoms with Gasteiger partial charge in [0.2, 0.25) is 18.0 Å². The fraction of sp³-hybridized carbons (Fsp3) is 0.226. The molecular formula is C31H30N4O4. The van der Waals surface area contributed by atoms with Crippen LogP contribution in [0.15, 0.2) is 84.0 Å². The molecule has 1 aromatic heterocycles. The van der Waals surface area contributed by atoms with E-state index < -0.39 is 12.2 Å². The number of anilines is 1. The van der Waals surface area contributed by atoms with Gasteiger partial charge in [0.25, 0.3) is 0 Å². The number of benzene rings is 3. The lowest BCUT2D eigenvalue weighted by Gasteiger charge is -2.23. The number of para-hydroxylation sites is 1. The minimum atomic E-state index is -0.833. The van der Waals surface area contributed by atoms with E-state index in [1.54, 1.807) is 6.07 Å². The van der Waals surface area contributed by atoms with Crippen LogP contribution in [0.1, 0.15) is 45.0 Å². The smallest absolute Gasteiger partial charge is 0.308 e. The molecule has 3 aromatic carbocycles.